The zero-order valence-corrected chi connectivity index (χ0v) is 15.4. The van der Waals surface area contributed by atoms with Gasteiger partial charge in [0.2, 0.25) is 11.8 Å². The van der Waals surface area contributed by atoms with Crippen LogP contribution >= 0.6 is 31.9 Å². The van der Waals surface area contributed by atoms with Gasteiger partial charge in [-0.1, -0.05) is 51.1 Å². The lowest BCUT2D eigenvalue weighted by atomic mass is 9.69. The number of amides is 2. The Balaban J connectivity index is 1.70. The average Bonchev–Trinajstić information content (AvgIpc) is 3.01. The molecule has 3 nitrogen and oxygen atoms in total. The SMILES string of the molecule is CC12C(=O)N(C3CCCCC3)C(=O)C1C1CC2C(Br)C1Br. The number of halogens is 2. The van der Waals surface area contributed by atoms with E-state index >= 15 is 0 Å². The fourth-order valence-corrected chi connectivity index (χ4v) is 7.55. The number of carbonyl (C=O) groups is 2. The summed E-state index contributed by atoms with van der Waals surface area (Å²) in [4.78, 5) is 28.5. The van der Waals surface area contributed by atoms with Crippen LogP contribution in [-0.2, 0) is 9.59 Å². The highest BCUT2D eigenvalue weighted by molar-refractivity contribution is 9.12. The molecule has 0 aromatic heterocycles. The molecule has 21 heavy (non-hydrogen) atoms. The van der Waals surface area contributed by atoms with Gasteiger partial charge in [-0.15, -0.1) is 0 Å². The molecular formula is C16H21Br2NO2. The quantitative estimate of drug-likeness (QED) is 0.482. The molecule has 0 N–H and O–H groups in total. The van der Waals surface area contributed by atoms with E-state index in [0.717, 1.165) is 32.1 Å². The third kappa shape index (κ3) is 1.71. The van der Waals surface area contributed by atoms with Crippen LogP contribution in [0.3, 0.4) is 0 Å². The number of hydrogen-bond donors (Lipinski definition) is 0. The molecule has 0 radical (unpaired) electrons. The van der Waals surface area contributed by atoms with Gasteiger partial charge in [0.05, 0.1) is 11.3 Å². The molecule has 6 unspecified atom stereocenters. The summed E-state index contributed by atoms with van der Waals surface area (Å²) in [5, 5.41) is 0. The first-order valence-corrected chi connectivity index (χ1v) is 9.96. The van der Waals surface area contributed by atoms with E-state index in [9.17, 15) is 9.59 Å². The molecule has 3 aliphatic carbocycles. The molecule has 4 rings (SSSR count). The lowest BCUT2D eigenvalue weighted by molar-refractivity contribution is -0.145. The maximum atomic E-state index is 13.1. The lowest BCUT2D eigenvalue weighted by Gasteiger charge is -2.37. The molecule has 2 amide bonds. The molecule has 4 fully saturated rings. The summed E-state index contributed by atoms with van der Waals surface area (Å²) in [6, 6.07) is 0.170. The molecule has 0 aromatic carbocycles. The number of hydrogen-bond acceptors (Lipinski definition) is 2. The van der Waals surface area contributed by atoms with Crippen molar-refractivity contribution in [1.82, 2.24) is 4.90 Å². The lowest BCUT2D eigenvalue weighted by Crippen LogP contribution is -2.46. The second-order valence-corrected chi connectivity index (χ2v) is 9.58. The molecule has 0 aromatic rings. The van der Waals surface area contributed by atoms with Gasteiger partial charge in [0.15, 0.2) is 0 Å². The molecular weight excluding hydrogens is 398 g/mol. The van der Waals surface area contributed by atoms with Crippen molar-refractivity contribution < 1.29 is 9.59 Å². The smallest absolute Gasteiger partial charge is 0.236 e. The van der Waals surface area contributed by atoms with E-state index in [1.54, 1.807) is 4.90 Å². The first-order chi connectivity index (χ1) is 9.98. The van der Waals surface area contributed by atoms with Crippen molar-refractivity contribution in [2.24, 2.45) is 23.2 Å². The molecule has 4 aliphatic rings. The normalized spacial score (nSPS) is 50.0. The Morgan fingerprint density at radius 1 is 1.10 bits per heavy atom. The third-order valence-electron chi connectivity index (χ3n) is 6.59. The molecule has 6 atom stereocenters. The Morgan fingerprint density at radius 2 is 1.76 bits per heavy atom. The predicted molar refractivity (Wildman–Crippen MR) is 87.4 cm³/mol. The van der Waals surface area contributed by atoms with Crippen LogP contribution in [0.1, 0.15) is 45.4 Å². The number of nitrogens with zero attached hydrogens (tertiary/aromatic N) is 1. The highest BCUT2D eigenvalue weighted by Crippen LogP contribution is 2.66. The standard InChI is InChI=1S/C16H21Br2NO2/c1-16-10-7-9(12(17)13(10)18)11(16)14(20)19(15(16)21)8-5-3-2-4-6-8/h8-13H,2-7H2,1H3. The monoisotopic (exact) mass is 417 g/mol. The molecule has 2 bridgehead atoms. The van der Waals surface area contributed by atoms with Crippen LogP contribution in [0.25, 0.3) is 0 Å². The summed E-state index contributed by atoms with van der Waals surface area (Å²) < 4.78 is 0. The largest absolute Gasteiger partial charge is 0.279 e. The van der Waals surface area contributed by atoms with Crippen molar-refractivity contribution in [3.63, 3.8) is 0 Å². The number of fused-ring (bicyclic) bond motifs is 5. The van der Waals surface area contributed by atoms with Crippen molar-refractivity contribution in [3.05, 3.63) is 0 Å². The van der Waals surface area contributed by atoms with Gasteiger partial charge in [0, 0.05) is 15.7 Å². The van der Waals surface area contributed by atoms with E-state index in [1.807, 2.05) is 0 Å². The minimum Gasteiger partial charge on any atom is -0.279 e. The summed E-state index contributed by atoms with van der Waals surface area (Å²) in [5.74, 6) is 0.776. The fourth-order valence-electron chi connectivity index (χ4n) is 5.51. The van der Waals surface area contributed by atoms with E-state index in [2.05, 4.69) is 38.8 Å². The van der Waals surface area contributed by atoms with Gasteiger partial charge in [-0.05, 0) is 38.0 Å². The Morgan fingerprint density at radius 3 is 2.43 bits per heavy atom. The number of rotatable bonds is 1. The van der Waals surface area contributed by atoms with Crippen LogP contribution in [0, 0.1) is 23.2 Å². The molecule has 0 spiro atoms. The highest BCUT2D eigenvalue weighted by Gasteiger charge is 2.73. The van der Waals surface area contributed by atoms with Gasteiger partial charge in [0.25, 0.3) is 0 Å². The molecule has 5 heteroatoms. The summed E-state index contributed by atoms with van der Waals surface area (Å²) in [7, 11) is 0. The zero-order valence-electron chi connectivity index (χ0n) is 12.2. The summed E-state index contributed by atoms with van der Waals surface area (Å²) >= 11 is 7.52. The minimum atomic E-state index is -0.461. The van der Waals surface area contributed by atoms with Crippen molar-refractivity contribution in [2.75, 3.05) is 0 Å². The van der Waals surface area contributed by atoms with Crippen LogP contribution in [-0.4, -0.2) is 32.4 Å². The second-order valence-electron chi connectivity index (χ2n) is 7.46. The van der Waals surface area contributed by atoms with E-state index < -0.39 is 5.41 Å². The van der Waals surface area contributed by atoms with Crippen LogP contribution in [0.4, 0.5) is 0 Å². The highest BCUT2D eigenvalue weighted by atomic mass is 79.9. The van der Waals surface area contributed by atoms with Crippen LogP contribution in [0.2, 0.25) is 0 Å². The molecule has 1 heterocycles. The first-order valence-electron chi connectivity index (χ1n) is 8.13. The topological polar surface area (TPSA) is 37.4 Å². The van der Waals surface area contributed by atoms with Gasteiger partial charge < -0.3 is 0 Å². The Bertz CT molecular complexity index is 505. The minimum absolute atomic E-state index is 0.0879. The first kappa shape index (κ1) is 14.7. The Labute approximate surface area is 142 Å². The van der Waals surface area contributed by atoms with Crippen LogP contribution in [0.5, 0.6) is 0 Å². The average molecular weight is 419 g/mol. The van der Waals surface area contributed by atoms with Gasteiger partial charge in [0.1, 0.15) is 0 Å². The predicted octanol–water partition coefficient (Wildman–Crippen LogP) is 3.49. The van der Waals surface area contributed by atoms with Crippen LogP contribution in [0.15, 0.2) is 0 Å². The Hall–Kier alpha value is 0.1000. The molecule has 1 aliphatic heterocycles. The summed E-state index contributed by atoms with van der Waals surface area (Å²) in [6.07, 6.45) is 6.56. The van der Waals surface area contributed by atoms with E-state index in [0.29, 0.717) is 21.5 Å². The van der Waals surface area contributed by atoms with Gasteiger partial charge in [-0.25, -0.2) is 0 Å². The Kier molecular flexibility index (Phi) is 3.35. The maximum absolute atomic E-state index is 13.1. The summed E-state index contributed by atoms with van der Waals surface area (Å²) in [6.45, 7) is 2.05. The van der Waals surface area contributed by atoms with Crippen molar-refractivity contribution in [1.29, 1.82) is 0 Å². The van der Waals surface area contributed by atoms with E-state index in [4.69, 9.17) is 0 Å². The number of imide groups is 1. The van der Waals surface area contributed by atoms with Gasteiger partial charge >= 0.3 is 0 Å². The van der Waals surface area contributed by atoms with Crippen LogP contribution < -0.4 is 0 Å². The molecule has 1 saturated heterocycles. The fraction of sp³-hybridized carbons (Fsp3) is 0.875. The zero-order chi connectivity index (χ0) is 14.9. The third-order valence-corrected chi connectivity index (χ3v) is 9.76. The molecule has 116 valence electrons. The molecule has 3 saturated carbocycles. The van der Waals surface area contributed by atoms with E-state index in [1.165, 1.54) is 6.42 Å². The van der Waals surface area contributed by atoms with Crippen molar-refractivity contribution in [2.45, 2.75) is 61.1 Å². The van der Waals surface area contributed by atoms with Gasteiger partial charge in [-0.2, -0.15) is 0 Å². The maximum Gasteiger partial charge on any atom is 0.236 e. The second kappa shape index (κ2) is 4.80. The number of likely N-dealkylation sites (tertiary alicyclic amines) is 1. The summed E-state index contributed by atoms with van der Waals surface area (Å²) in [5.41, 5.74) is -0.461. The van der Waals surface area contributed by atoms with Crippen molar-refractivity contribution in [3.8, 4) is 0 Å². The number of alkyl halides is 2. The van der Waals surface area contributed by atoms with Crippen molar-refractivity contribution >= 4 is 43.7 Å². The number of carbonyl (C=O) groups excluding carboxylic acids is 2. The van der Waals surface area contributed by atoms with E-state index in [-0.39, 0.29) is 23.8 Å². The van der Waals surface area contributed by atoms with Gasteiger partial charge in [-0.3, -0.25) is 14.5 Å².